The third-order valence-corrected chi connectivity index (χ3v) is 3.78. The van der Waals surface area contributed by atoms with Crippen molar-refractivity contribution in [3.05, 3.63) is 0 Å². The third kappa shape index (κ3) is 4.64. The molecule has 0 aromatic heterocycles. The molecule has 4 nitrogen and oxygen atoms in total. The molecule has 2 unspecified atom stereocenters. The molecular weight excluding hydrogens is 216 g/mol. The monoisotopic (exact) mass is 240 g/mol. The summed E-state index contributed by atoms with van der Waals surface area (Å²) in [7, 11) is 0. The van der Waals surface area contributed by atoms with Crippen molar-refractivity contribution in [2.45, 2.75) is 32.1 Å². The van der Waals surface area contributed by atoms with Crippen molar-refractivity contribution < 1.29 is 9.53 Å². The zero-order chi connectivity index (χ0) is 11.9. The Hall–Kier alpha value is -0.610. The predicted molar refractivity (Wildman–Crippen MR) is 66.8 cm³/mol. The van der Waals surface area contributed by atoms with Crippen LogP contribution in [0.5, 0.6) is 0 Å². The number of hydrogen-bond donors (Lipinski definition) is 2. The van der Waals surface area contributed by atoms with Gasteiger partial charge in [-0.1, -0.05) is 0 Å². The lowest BCUT2D eigenvalue weighted by atomic mass is 10.0. The average molecular weight is 240 g/mol. The second-order valence-corrected chi connectivity index (χ2v) is 5.28. The van der Waals surface area contributed by atoms with Gasteiger partial charge in [-0.15, -0.1) is 0 Å². The van der Waals surface area contributed by atoms with Crippen LogP contribution in [-0.4, -0.2) is 38.8 Å². The van der Waals surface area contributed by atoms with Crippen LogP contribution in [0.4, 0.5) is 0 Å². The maximum absolute atomic E-state index is 11.7. The van der Waals surface area contributed by atoms with E-state index < -0.39 is 0 Å². The summed E-state index contributed by atoms with van der Waals surface area (Å²) in [5, 5.41) is 6.37. The molecule has 2 atom stereocenters. The van der Waals surface area contributed by atoms with Crippen LogP contribution in [0.15, 0.2) is 0 Å². The van der Waals surface area contributed by atoms with Gasteiger partial charge in [-0.25, -0.2) is 0 Å². The topological polar surface area (TPSA) is 50.4 Å². The van der Waals surface area contributed by atoms with Crippen LogP contribution in [0, 0.1) is 11.8 Å². The van der Waals surface area contributed by atoms with Gasteiger partial charge in [0.2, 0.25) is 5.91 Å². The average Bonchev–Trinajstić information content (AvgIpc) is 2.88. The zero-order valence-corrected chi connectivity index (χ0v) is 10.5. The molecule has 0 aliphatic carbocycles. The number of carbonyl (C=O) groups excluding carboxylic acids is 1. The first-order chi connectivity index (χ1) is 8.34. The van der Waals surface area contributed by atoms with Crippen LogP contribution in [0.3, 0.4) is 0 Å². The number of amides is 1. The smallest absolute Gasteiger partial charge is 0.220 e. The minimum atomic E-state index is 0.211. The van der Waals surface area contributed by atoms with E-state index in [2.05, 4.69) is 10.6 Å². The van der Waals surface area contributed by atoms with Crippen LogP contribution in [0.2, 0.25) is 0 Å². The Morgan fingerprint density at radius 3 is 3.00 bits per heavy atom. The normalized spacial score (nSPS) is 29.2. The molecule has 0 spiro atoms. The summed E-state index contributed by atoms with van der Waals surface area (Å²) in [6.07, 6.45) is 5.25. The summed E-state index contributed by atoms with van der Waals surface area (Å²) in [4.78, 5) is 11.7. The summed E-state index contributed by atoms with van der Waals surface area (Å²) in [5.74, 6) is 1.45. The van der Waals surface area contributed by atoms with Gasteiger partial charge in [0, 0.05) is 19.6 Å². The third-order valence-electron chi connectivity index (χ3n) is 3.78. The molecule has 98 valence electrons. The first-order valence-corrected chi connectivity index (χ1v) is 6.90. The summed E-state index contributed by atoms with van der Waals surface area (Å²) < 4.78 is 5.40. The van der Waals surface area contributed by atoms with Crippen molar-refractivity contribution in [3.8, 4) is 0 Å². The van der Waals surface area contributed by atoms with E-state index in [0.717, 1.165) is 45.7 Å². The number of carbonyl (C=O) groups is 1. The molecule has 0 saturated carbocycles. The van der Waals surface area contributed by atoms with Crippen LogP contribution in [0.1, 0.15) is 32.1 Å². The maximum Gasteiger partial charge on any atom is 0.220 e. The molecule has 2 N–H and O–H groups in total. The van der Waals surface area contributed by atoms with E-state index in [-0.39, 0.29) is 5.91 Å². The fraction of sp³-hybridized carbons (Fsp3) is 0.923. The molecule has 2 aliphatic heterocycles. The second-order valence-electron chi connectivity index (χ2n) is 5.28. The second kappa shape index (κ2) is 6.97. The molecule has 0 radical (unpaired) electrons. The fourth-order valence-electron chi connectivity index (χ4n) is 2.61. The molecule has 2 rings (SSSR count). The Bertz CT molecular complexity index is 234. The molecule has 0 bridgehead atoms. The van der Waals surface area contributed by atoms with Gasteiger partial charge < -0.3 is 15.4 Å². The van der Waals surface area contributed by atoms with Gasteiger partial charge in [-0.2, -0.15) is 0 Å². The van der Waals surface area contributed by atoms with E-state index in [4.69, 9.17) is 4.74 Å². The van der Waals surface area contributed by atoms with Crippen molar-refractivity contribution in [1.82, 2.24) is 10.6 Å². The number of hydrogen-bond acceptors (Lipinski definition) is 3. The van der Waals surface area contributed by atoms with E-state index in [1.54, 1.807) is 0 Å². The first-order valence-electron chi connectivity index (χ1n) is 6.90. The molecular formula is C13H24N2O2. The van der Waals surface area contributed by atoms with E-state index >= 15 is 0 Å². The Balaban J connectivity index is 1.53. The highest BCUT2D eigenvalue weighted by Gasteiger charge is 2.17. The van der Waals surface area contributed by atoms with Gasteiger partial charge in [0.15, 0.2) is 0 Å². The van der Waals surface area contributed by atoms with Gasteiger partial charge in [0.1, 0.15) is 0 Å². The molecule has 2 saturated heterocycles. The van der Waals surface area contributed by atoms with Gasteiger partial charge in [0.05, 0.1) is 6.61 Å². The van der Waals surface area contributed by atoms with E-state index in [9.17, 15) is 4.79 Å². The van der Waals surface area contributed by atoms with Crippen molar-refractivity contribution >= 4 is 5.91 Å². The van der Waals surface area contributed by atoms with E-state index in [1.807, 2.05) is 0 Å². The molecule has 17 heavy (non-hydrogen) atoms. The van der Waals surface area contributed by atoms with Crippen LogP contribution < -0.4 is 10.6 Å². The number of rotatable bonds is 5. The van der Waals surface area contributed by atoms with Crippen LogP contribution in [0.25, 0.3) is 0 Å². The number of ether oxygens (including phenoxy) is 1. The zero-order valence-electron chi connectivity index (χ0n) is 10.5. The van der Waals surface area contributed by atoms with Crippen molar-refractivity contribution in [2.75, 3.05) is 32.8 Å². The molecule has 2 heterocycles. The Kier molecular flexibility index (Phi) is 5.26. The Labute approximate surface area is 103 Å². The van der Waals surface area contributed by atoms with Crippen LogP contribution >= 0.6 is 0 Å². The van der Waals surface area contributed by atoms with Gasteiger partial charge in [-0.05, 0) is 50.6 Å². The fourth-order valence-corrected chi connectivity index (χ4v) is 2.61. The largest absolute Gasteiger partial charge is 0.381 e. The lowest BCUT2D eigenvalue weighted by Crippen LogP contribution is -2.33. The van der Waals surface area contributed by atoms with Crippen molar-refractivity contribution in [3.63, 3.8) is 0 Å². The summed E-state index contributed by atoms with van der Waals surface area (Å²) in [5.41, 5.74) is 0. The van der Waals surface area contributed by atoms with Crippen molar-refractivity contribution in [1.29, 1.82) is 0 Å². The van der Waals surface area contributed by atoms with Crippen molar-refractivity contribution in [2.24, 2.45) is 11.8 Å². The van der Waals surface area contributed by atoms with Crippen LogP contribution in [-0.2, 0) is 9.53 Å². The minimum Gasteiger partial charge on any atom is -0.381 e. The highest BCUT2D eigenvalue weighted by atomic mass is 16.5. The highest BCUT2D eigenvalue weighted by Crippen LogP contribution is 2.15. The number of nitrogens with one attached hydrogen (secondary N) is 2. The Morgan fingerprint density at radius 2 is 2.29 bits per heavy atom. The highest BCUT2D eigenvalue weighted by molar-refractivity contribution is 5.75. The summed E-state index contributed by atoms with van der Waals surface area (Å²) in [6.45, 7) is 4.70. The maximum atomic E-state index is 11.7. The van der Waals surface area contributed by atoms with Gasteiger partial charge >= 0.3 is 0 Å². The predicted octanol–water partition coefficient (Wildman–Crippen LogP) is 0.919. The molecule has 2 fully saturated rings. The lowest BCUT2D eigenvalue weighted by molar-refractivity contribution is -0.121. The summed E-state index contributed by atoms with van der Waals surface area (Å²) in [6, 6.07) is 0. The molecule has 1 amide bonds. The first kappa shape index (κ1) is 12.8. The van der Waals surface area contributed by atoms with Gasteiger partial charge in [-0.3, -0.25) is 4.79 Å². The minimum absolute atomic E-state index is 0.211. The molecule has 0 aromatic rings. The lowest BCUT2D eigenvalue weighted by Gasteiger charge is -2.22. The molecule has 4 heteroatoms. The molecule has 0 aromatic carbocycles. The quantitative estimate of drug-likeness (QED) is 0.751. The summed E-state index contributed by atoms with van der Waals surface area (Å²) >= 11 is 0. The van der Waals surface area contributed by atoms with Gasteiger partial charge in [0.25, 0.3) is 0 Å². The molecule has 2 aliphatic rings. The van der Waals surface area contributed by atoms with E-state index in [0.29, 0.717) is 18.3 Å². The van der Waals surface area contributed by atoms with E-state index in [1.165, 1.54) is 12.8 Å². The Morgan fingerprint density at radius 1 is 1.35 bits per heavy atom. The SMILES string of the molecule is O=C(CCC1CCNC1)NCC1CCCOC1. The standard InChI is InChI=1S/C13H24N2O2/c16-13(4-3-11-5-6-14-8-11)15-9-12-2-1-7-17-10-12/h11-12,14H,1-10H2,(H,15,16).